The Kier molecular flexibility index (Phi) is 3.64. The van der Waals surface area contributed by atoms with Crippen molar-refractivity contribution in [2.75, 3.05) is 23.3 Å². The third-order valence-corrected chi connectivity index (χ3v) is 4.06. The van der Waals surface area contributed by atoms with Crippen molar-refractivity contribution in [2.24, 2.45) is 0 Å². The van der Waals surface area contributed by atoms with Gasteiger partial charge in [0.25, 0.3) is 5.91 Å². The molecule has 0 saturated carbocycles. The predicted octanol–water partition coefficient (Wildman–Crippen LogP) is 2.88. The molecular formula is C16H20N4O. The first-order valence-electron chi connectivity index (χ1n) is 7.33. The molecule has 1 fully saturated rings. The van der Waals surface area contributed by atoms with Crippen molar-refractivity contribution in [1.29, 1.82) is 0 Å². The zero-order valence-corrected chi connectivity index (χ0v) is 12.4. The summed E-state index contributed by atoms with van der Waals surface area (Å²) < 4.78 is 0. The molecule has 0 atom stereocenters. The van der Waals surface area contributed by atoms with Gasteiger partial charge in [-0.3, -0.25) is 9.89 Å². The average Bonchev–Trinajstić information content (AvgIpc) is 3.11. The van der Waals surface area contributed by atoms with E-state index in [1.165, 1.54) is 18.5 Å². The van der Waals surface area contributed by atoms with E-state index in [0.29, 0.717) is 5.69 Å². The summed E-state index contributed by atoms with van der Waals surface area (Å²) in [6, 6.07) is 8.01. The van der Waals surface area contributed by atoms with Crippen LogP contribution in [0.2, 0.25) is 0 Å². The summed E-state index contributed by atoms with van der Waals surface area (Å²) in [5, 5.41) is 9.77. The van der Waals surface area contributed by atoms with Crippen LogP contribution >= 0.6 is 0 Å². The Balaban J connectivity index is 1.70. The number of benzene rings is 1. The molecule has 110 valence electrons. The molecule has 0 aliphatic carbocycles. The number of nitrogens with zero attached hydrogens (tertiary/aromatic N) is 2. The van der Waals surface area contributed by atoms with Crippen LogP contribution in [0.1, 0.15) is 34.6 Å². The van der Waals surface area contributed by atoms with Gasteiger partial charge in [-0.25, -0.2) is 0 Å². The summed E-state index contributed by atoms with van der Waals surface area (Å²) in [7, 11) is 0. The molecule has 0 bridgehead atoms. The molecule has 21 heavy (non-hydrogen) atoms. The number of anilines is 2. The molecule has 1 aliphatic rings. The van der Waals surface area contributed by atoms with Crippen LogP contribution in [0.3, 0.4) is 0 Å². The lowest BCUT2D eigenvalue weighted by Crippen LogP contribution is -2.17. The smallest absolute Gasteiger partial charge is 0.276 e. The summed E-state index contributed by atoms with van der Waals surface area (Å²) >= 11 is 0. The fraction of sp³-hybridized carbons (Fsp3) is 0.375. The fourth-order valence-electron chi connectivity index (χ4n) is 2.63. The molecule has 5 nitrogen and oxygen atoms in total. The lowest BCUT2D eigenvalue weighted by atomic mass is 10.2. The van der Waals surface area contributed by atoms with Crippen molar-refractivity contribution in [3.63, 3.8) is 0 Å². The first-order chi connectivity index (χ1) is 10.1. The summed E-state index contributed by atoms with van der Waals surface area (Å²) in [6.45, 7) is 6.04. The molecule has 2 heterocycles. The number of amides is 1. The Hall–Kier alpha value is -2.30. The van der Waals surface area contributed by atoms with Crippen molar-refractivity contribution in [1.82, 2.24) is 10.2 Å². The molecule has 0 spiro atoms. The monoisotopic (exact) mass is 284 g/mol. The highest BCUT2D eigenvalue weighted by atomic mass is 16.1. The van der Waals surface area contributed by atoms with Gasteiger partial charge in [0, 0.05) is 35.7 Å². The summed E-state index contributed by atoms with van der Waals surface area (Å²) in [6.07, 6.45) is 2.52. The second kappa shape index (κ2) is 5.60. The molecule has 0 unspecified atom stereocenters. The molecule has 1 aromatic carbocycles. The van der Waals surface area contributed by atoms with Crippen LogP contribution in [0.15, 0.2) is 24.3 Å². The average molecular weight is 284 g/mol. The van der Waals surface area contributed by atoms with E-state index in [2.05, 4.69) is 32.5 Å². The van der Waals surface area contributed by atoms with Gasteiger partial charge in [0.05, 0.1) is 0 Å². The molecule has 3 rings (SSSR count). The Morgan fingerprint density at radius 3 is 2.43 bits per heavy atom. The summed E-state index contributed by atoms with van der Waals surface area (Å²) in [4.78, 5) is 14.6. The van der Waals surface area contributed by atoms with E-state index >= 15 is 0 Å². The van der Waals surface area contributed by atoms with Crippen molar-refractivity contribution in [3.05, 3.63) is 41.2 Å². The molecule has 1 saturated heterocycles. The van der Waals surface area contributed by atoms with E-state index in [4.69, 9.17) is 0 Å². The lowest BCUT2D eigenvalue weighted by Gasteiger charge is -2.17. The highest BCUT2D eigenvalue weighted by Crippen LogP contribution is 2.22. The first kappa shape index (κ1) is 13.7. The van der Waals surface area contributed by atoms with Gasteiger partial charge in [0.1, 0.15) is 0 Å². The van der Waals surface area contributed by atoms with Crippen molar-refractivity contribution >= 4 is 17.3 Å². The van der Waals surface area contributed by atoms with E-state index in [0.717, 1.165) is 30.0 Å². The fourth-order valence-corrected chi connectivity index (χ4v) is 2.63. The highest BCUT2D eigenvalue weighted by molar-refractivity contribution is 6.04. The SMILES string of the molecule is Cc1[nH]nc(C(=O)Nc2ccc(N3CCCC3)cc2)c1C. The van der Waals surface area contributed by atoms with Gasteiger partial charge in [0.15, 0.2) is 5.69 Å². The van der Waals surface area contributed by atoms with Crippen molar-refractivity contribution in [2.45, 2.75) is 26.7 Å². The van der Waals surface area contributed by atoms with Gasteiger partial charge in [-0.15, -0.1) is 0 Å². The topological polar surface area (TPSA) is 61.0 Å². The number of aromatic amines is 1. The largest absolute Gasteiger partial charge is 0.372 e. The minimum atomic E-state index is -0.175. The van der Waals surface area contributed by atoms with Crippen LogP contribution in [0.5, 0.6) is 0 Å². The molecule has 1 aliphatic heterocycles. The van der Waals surface area contributed by atoms with E-state index < -0.39 is 0 Å². The normalized spacial score (nSPS) is 14.5. The number of H-pyrrole nitrogens is 1. The number of aromatic nitrogens is 2. The van der Waals surface area contributed by atoms with E-state index in [9.17, 15) is 4.79 Å². The molecule has 5 heteroatoms. The van der Waals surface area contributed by atoms with Crippen LogP contribution in [0.25, 0.3) is 0 Å². The minimum Gasteiger partial charge on any atom is -0.372 e. The predicted molar refractivity (Wildman–Crippen MR) is 83.9 cm³/mol. The van der Waals surface area contributed by atoms with Gasteiger partial charge in [0.2, 0.25) is 0 Å². The van der Waals surface area contributed by atoms with Crippen LogP contribution in [0.4, 0.5) is 11.4 Å². The van der Waals surface area contributed by atoms with E-state index in [1.54, 1.807) is 0 Å². The molecule has 2 aromatic rings. The number of rotatable bonds is 3. The Morgan fingerprint density at radius 1 is 1.19 bits per heavy atom. The second-order valence-electron chi connectivity index (χ2n) is 5.52. The van der Waals surface area contributed by atoms with Crippen molar-refractivity contribution < 1.29 is 4.79 Å². The van der Waals surface area contributed by atoms with Gasteiger partial charge in [-0.05, 0) is 51.0 Å². The highest BCUT2D eigenvalue weighted by Gasteiger charge is 2.15. The third kappa shape index (κ3) is 2.77. The number of aryl methyl sites for hydroxylation is 1. The Labute approximate surface area is 124 Å². The lowest BCUT2D eigenvalue weighted by molar-refractivity contribution is 0.102. The van der Waals surface area contributed by atoms with Crippen LogP contribution < -0.4 is 10.2 Å². The number of nitrogens with one attached hydrogen (secondary N) is 2. The zero-order chi connectivity index (χ0) is 14.8. The van der Waals surface area contributed by atoms with E-state index in [1.807, 2.05) is 26.0 Å². The van der Waals surface area contributed by atoms with Gasteiger partial charge < -0.3 is 10.2 Å². The van der Waals surface area contributed by atoms with Crippen LogP contribution in [-0.4, -0.2) is 29.2 Å². The molecular weight excluding hydrogens is 264 g/mol. The molecule has 0 radical (unpaired) electrons. The number of hydrogen-bond donors (Lipinski definition) is 2. The zero-order valence-electron chi connectivity index (χ0n) is 12.4. The van der Waals surface area contributed by atoms with Crippen LogP contribution in [0, 0.1) is 13.8 Å². The minimum absolute atomic E-state index is 0.175. The third-order valence-electron chi connectivity index (χ3n) is 4.06. The number of carbonyl (C=O) groups excluding carboxylic acids is 1. The number of carbonyl (C=O) groups is 1. The maximum absolute atomic E-state index is 12.2. The maximum Gasteiger partial charge on any atom is 0.276 e. The summed E-state index contributed by atoms with van der Waals surface area (Å²) in [5.41, 5.74) is 4.28. The summed E-state index contributed by atoms with van der Waals surface area (Å²) in [5.74, 6) is -0.175. The quantitative estimate of drug-likeness (QED) is 0.911. The first-order valence-corrected chi connectivity index (χ1v) is 7.33. The molecule has 1 amide bonds. The molecule has 1 aromatic heterocycles. The van der Waals surface area contributed by atoms with Gasteiger partial charge in [-0.1, -0.05) is 0 Å². The van der Waals surface area contributed by atoms with Crippen LogP contribution in [-0.2, 0) is 0 Å². The van der Waals surface area contributed by atoms with Gasteiger partial charge in [-0.2, -0.15) is 5.10 Å². The van der Waals surface area contributed by atoms with Crippen molar-refractivity contribution in [3.8, 4) is 0 Å². The Morgan fingerprint density at radius 2 is 1.86 bits per heavy atom. The standard InChI is InChI=1S/C16H20N4O/c1-11-12(2)18-19-15(11)16(21)17-13-5-7-14(8-6-13)20-9-3-4-10-20/h5-8H,3-4,9-10H2,1-2H3,(H,17,21)(H,18,19). The number of hydrogen-bond acceptors (Lipinski definition) is 3. The van der Waals surface area contributed by atoms with E-state index in [-0.39, 0.29) is 5.91 Å². The maximum atomic E-state index is 12.2. The second-order valence-corrected chi connectivity index (χ2v) is 5.52. The Bertz CT molecular complexity index is 639. The molecule has 2 N–H and O–H groups in total. The van der Waals surface area contributed by atoms with Gasteiger partial charge >= 0.3 is 0 Å².